The predicted molar refractivity (Wildman–Crippen MR) is 124 cm³/mol. The van der Waals surface area contributed by atoms with E-state index in [0.717, 1.165) is 29.7 Å². The molecule has 0 heterocycles. The lowest BCUT2D eigenvalue weighted by Gasteiger charge is -2.05. The predicted octanol–water partition coefficient (Wildman–Crippen LogP) is 6.90. The molecule has 0 fully saturated rings. The fourth-order valence-corrected chi connectivity index (χ4v) is 3.24. The first kappa shape index (κ1) is 23.6. The molecule has 4 aromatic carbocycles. The first-order chi connectivity index (χ1) is 16.8. The van der Waals surface area contributed by atoms with Crippen molar-refractivity contribution in [2.24, 2.45) is 0 Å². The minimum Gasteiger partial charge on any atom is -0.489 e. The normalized spacial score (nSPS) is 10.2. The van der Waals surface area contributed by atoms with Crippen LogP contribution in [0.1, 0.15) is 22.3 Å². The van der Waals surface area contributed by atoms with Crippen LogP contribution in [0.3, 0.4) is 0 Å². The Morgan fingerprint density at radius 3 is 1.80 bits per heavy atom. The standard InChI is InChI=1S/C29H15F5O/c1-2-11-35-23-16-28(33)25(29(34)17-23)10-5-19-13-26(31)24(27(32)14-19)9-4-18-3-6-21-15-22(30)8-7-20(21)12-18/h2-3,6-8,12-17H,1,11H2. The van der Waals surface area contributed by atoms with Gasteiger partial charge in [-0.2, -0.15) is 0 Å². The summed E-state index contributed by atoms with van der Waals surface area (Å²) in [6.07, 6.45) is 1.42. The molecule has 0 N–H and O–H groups in total. The van der Waals surface area contributed by atoms with Crippen LogP contribution in [-0.2, 0) is 0 Å². The highest BCUT2D eigenvalue weighted by atomic mass is 19.1. The molecule has 0 saturated heterocycles. The molecule has 0 aliphatic rings. The number of fused-ring (bicyclic) bond motifs is 1. The Labute approximate surface area is 198 Å². The highest BCUT2D eigenvalue weighted by Gasteiger charge is 2.11. The lowest BCUT2D eigenvalue weighted by Crippen LogP contribution is -1.97. The van der Waals surface area contributed by atoms with Gasteiger partial charge in [0, 0.05) is 23.3 Å². The summed E-state index contributed by atoms with van der Waals surface area (Å²) in [5, 5.41) is 1.40. The number of rotatable bonds is 3. The van der Waals surface area contributed by atoms with Crippen LogP contribution in [0.25, 0.3) is 10.8 Å². The van der Waals surface area contributed by atoms with Gasteiger partial charge in [0.25, 0.3) is 0 Å². The molecule has 0 spiro atoms. The maximum absolute atomic E-state index is 14.5. The van der Waals surface area contributed by atoms with Gasteiger partial charge in [0.1, 0.15) is 41.4 Å². The van der Waals surface area contributed by atoms with E-state index in [1.807, 2.05) is 0 Å². The van der Waals surface area contributed by atoms with Gasteiger partial charge in [0.15, 0.2) is 0 Å². The molecule has 172 valence electrons. The van der Waals surface area contributed by atoms with E-state index >= 15 is 0 Å². The van der Waals surface area contributed by atoms with Crippen molar-refractivity contribution >= 4 is 10.8 Å². The molecule has 0 aliphatic carbocycles. The molecule has 35 heavy (non-hydrogen) atoms. The monoisotopic (exact) mass is 474 g/mol. The summed E-state index contributed by atoms with van der Waals surface area (Å²) in [7, 11) is 0. The Hall–Kier alpha value is -4.55. The summed E-state index contributed by atoms with van der Waals surface area (Å²) < 4.78 is 75.9. The van der Waals surface area contributed by atoms with E-state index in [9.17, 15) is 22.0 Å². The lowest BCUT2D eigenvalue weighted by atomic mass is 10.1. The van der Waals surface area contributed by atoms with Crippen molar-refractivity contribution in [1.29, 1.82) is 0 Å². The third-order valence-electron chi connectivity index (χ3n) is 4.89. The summed E-state index contributed by atoms with van der Waals surface area (Å²) in [4.78, 5) is 0. The third-order valence-corrected chi connectivity index (χ3v) is 4.89. The highest BCUT2D eigenvalue weighted by molar-refractivity contribution is 5.84. The second-order valence-corrected chi connectivity index (χ2v) is 7.38. The highest BCUT2D eigenvalue weighted by Crippen LogP contribution is 2.21. The summed E-state index contributed by atoms with van der Waals surface area (Å²) in [5.74, 6) is 5.46. The third kappa shape index (κ3) is 5.51. The molecule has 0 saturated carbocycles. The van der Waals surface area contributed by atoms with Gasteiger partial charge in [-0.1, -0.05) is 48.5 Å². The number of ether oxygens (including phenoxy) is 1. The smallest absolute Gasteiger partial charge is 0.145 e. The Morgan fingerprint density at radius 2 is 1.17 bits per heavy atom. The van der Waals surface area contributed by atoms with E-state index < -0.39 is 34.4 Å². The summed E-state index contributed by atoms with van der Waals surface area (Å²) in [6, 6.07) is 13.0. The maximum atomic E-state index is 14.5. The molecule has 0 aliphatic heterocycles. The van der Waals surface area contributed by atoms with Crippen molar-refractivity contribution in [3.63, 3.8) is 0 Å². The van der Waals surface area contributed by atoms with E-state index in [-0.39, 0.29) is 23.7 Å². The van der Waals surface area contributed by atoms with Gasteiger partial charge in [-0.25, -0.2) is 22.0 Å². The number of benzene rings is 4. The van der Waals surface area contributed by atoms with E-state index in [4.69, 9.17) is 4.74 Å². The first-order valence-corrected chi connectivity index (χ1v) is 10.3. The molecule has 4 aromatic rings. The quantitative estimate of drug-likeness (QED) is 0.178. The fourth-order valence-electron chi connectivity index (χ4n) is 3.24. The second kappa shape index (κ2) is 10.2. The summed E-state index contributed by atoms with van der Waals surface area (Å²) >= 11 is 0. The van der Waals surface area contributed by atoms with Gasteiger partial charge in [-0.15, -0.1) is 0 Å². The Balaban J connectivity index is 1.60. The van der Waals surface area contributed by atoms with Gasteiger partial charge in [0.05, 0.1) is 11.1 Å². The number of hydrogen-bond acceptors (Lipinski definition) is 1. The Bertz CT molecular complexity index is 1540. The Morgan fingerprint density at radius 1 is 0.629 bits per heavy atom. The van der Waals surface area contributed by atoms with Crippen LogP contribution in [-0.4, -0.2) is 6.61 Å². The topological polar surface area (TPSA) is 9.23 Å². The van der Waals surface area contributed by atoms with Crippen LogP contribution in [0.15, 0.2) is 73.3 Å². The van der Waals surface area contributed by atoms with Crippen molar-refractivity contribution in [2.45, 2.75) is 0 Å². The molecular weight excluding hydrogens is 459 g/mol. The van der Waals surface area contributed by atoms with E-state index in [1.54, 1.807) is 24.3 Å². The maximum Gasteiger partial charge on any atom is 0.145 e. The van der Waals surface area contributed by atoms with Gasteiger partial charge in [-0.3, -0.25) is 0 Å². The fraction of sp³-hybridized carbons (Fsp3) is 0.0345. The lowest BCUT2D eigenvalue weighted by molar-refractivity contribution is 0.358. The Kier molecular flexibility index (Phi) is 6.85. The van der Waals surface area contributed by atoms with E-state index in [2.05, 4.69) is 30.3 Å². The zero-order valence-electron chi connectivity index (χ0n) is 18.1. The second-order valence-electron chi connectivity index (χ2n) is 7.38. The molecule has 0 atom stereocenters. The molecule has 0 aromatic heterocycles. The molecule has 1 nitrogen and oxygen atoms in total. The first-order valence-electron chi connectivity index (χ1n) is 10.3. The molecule has 4 rings (SSSR count). The van der Waals surface area contributed by atoms with Crippen molar-refractivity contribution in [2.75, 3.05) is 6.61 Å². The van der Waals surface area contributed by atoms with E-state index in [0.29, 0.717) is 10.9 Å². The van der Waals surface area contributed by atoms with Crippen molar-refractivity contribution in [1.82, 2.24) is 0 Å². The summed E-state index contributed by atoms with van der Waals surface area (Å²) in [5.41, 5.74) is -0.671. The van der Waals surface area contributed by atoms with Crippen molar-refractivity contribution in [3.05, 3.63) is 125 Å². The molecule has 0 unspecified atom stereocenters. The number of hydrogen-bond donors (Lipinski definition) is 0. The molecular formula is C29H15F5O. The van der Waals surface area contributed by atoms with Crippen LogP contribution in [0.4, 0.5) is 22.0 Å². The van der Waals surface area contributed by atoms with Crippen LogP contribution in [0.2, 0.25) is 0 Å². The average Bonchev–Trinajstić information content (AvgIpc) is 2.81. The van der Waals surface area contributed by atoms with Gasteiger partial charge >= 0.3 is 0 Å². The average molecular weight is 474 g/mol. The SMILES string of the molecule is C=CCOc1cc(F)c(C#Cc2cc(F)c(C#Cc3ccc4cc(F)ccc4c3)c(F)c2)c(F)c1. The number of halogens is 5. The largest absolute Gasteiger partial charge is 0.489 e. The van der Waals surface area contributed by atoms with E-state index in [1.165, 1.54) is 18.2 Å². The zero-order valence-corrected chi connectivity index (χ0v) is 18.1. The van der Waals surface area contributed by atoms with Gasteiger partial charge in [-0.05, 0) is 47.2 Å². The van der Waals surface area contributed by atoms with Crippen LogP contribution in [0.5, 0.6) is 5.75 Å². The van der Waals surface area contributed by atoms with Gasteiger partial charge < -0.3 is 4.74 Å². The zero-order chi connectivity index (χ0) is 24.9. The molecule has 0 bridgehead atoms. The minimum absolute atomic E-state index is 0.0379. The van der Waals surface area contributed by atoms with Crippen LogP contribution < -0.4 is 4.74 Å². The van der Waals surface area contributed by atoms with Gasteiger partial charge in [0.2, 0.25) is 0 Å². The van der Waals surface area contributed by atoms with Crippen molar-refractivity contribution in [3.8, 4) is 29.4 Å². The van der Waals surface area contributed by atoms with Crippen LogP contribution in [0, 0.1) is 52.8 Å². The molecule has 0 amide bonds. The van der Waals surface area contributed by atoms with Crippen LogP contribution >= 0.6 is 0 Å². The molecule has 0 radical (unpaired) electrons. The minimum atomic E-state index is -0.974. The summed E-state index contributed by atoms with van der Waals surface area (Å²) in [6.45, 7) is 3.51. The molecule has 6 heteroatoms. The van der Waals surface area contributed by atoms with Crippen molar-refractivity contribution < 1.29 is 26.7 Å².